The molecule has 0 fully saturated rings. The number of non-ortho nitro benzene ring substituents is 1. The number of nitrogens with one attached hydrogen (secondary N) is 1. The summed E-state index contributed by atoms with van der Waals surface area (Å²) in [6.07, 6.45) is 0.969. The molecule has 1 aromatic heterocycles. The summed E-state index contributed by atoms with van der Waals surface area (Å²) in [5.74, 6) is -0.154. The van der Waals surface area contributed by atoms with Gasteiger partial charge in [0.2, 0.25) is 5.91 Å². The Kier molecular flexibility index (Phi) is 4.17. The van der Waals surface area contributed by atoms with E-state index in [4.69, 9.17) is 0 Å². The Hall–Kier alpha value is -2.25. The van der Waals surface area contributed by atoms with Crippen LogP contribution in [0.3, 0.4) is 0 Å². The lowest BCUT2D eigenvalue weighted by molar-refractivity contribution is -0.384. The smallest absolute Gasteiger partial charge is 0.271 e. The van der Waals surface area contributed by atoms with Crippen LogP contribution < -0.4 is 5.32 Å². The zero-order valence-electron chi connectivity index (χ0n) is 11.8. The first kappa shape index (κ1) is 14.7. The number of hydrogen-bond acceptors (Lipinski definition) is 5. The van der Waals surface area contributed by atoms with Gasteiger partial charge in [0.15, 0.2) is 0 Å². The van der Waals surface area contributed by atoms with Crippen molar-refractivity contribution < 1.29 is 9.72 Å². The van der Waals surface area contributed by atoms with Gasteiger partial charge < -0.3 is 5.32 Å². The maximum atomic E-state index is 12.1. The van der Waals surface area contributed by atoms with E-state index in [9.17, 15) is 14.9 Å². The van der Waals surface area contributed by atoms with Crippen LogP contribution in [0.2, 0.25) is 0 Å². The van der Waals surface area contributed by atoms with Crippen LogP contribution in [-0.2, 0) is 17.8 Å². The molecule has 6 nitrogen and oxygen atoms in total. The van der Waals surface area contributed by atoms with Crippen LogP contribution in [0.1, 0.15) is 10.4 Å². The van der Waals surface area contributed by atoms with Crippen LogP contribution in [0.4, 0.5) is 11.4 Å². The fraction of sp³-hybridized carbons (Fsp3) is 0.267. The van der Waals surface area contributed by atoms with Crippen molar-refractivity contribution in [1.29, 1.82) is 0 Å². The Morgan fingerprint density at radius 1 is 1.41 bits per heavy atom. The number of nitrogens with zero attached hydrogens (tertiary/aromatic N) is 2. The second-order valence-corrected chi connectivity index (χ2v) is 6.19. The van der Waals surface area contributed by atoms with Crippen LogP contribution in [0, 0.1) is 10.1 Å². The molecule has 0 spiro atoms. The molecule has 2 aromatic rings. The highest BCUT2D eigenvalue weighted by Gasteiger charge is 2.19. The van der Waals surface area contributed by atoms with E-state index in [1.807, 2.05) is 0 Å². The topological polar surface area (TPSA) is 75.5 Å². The lowest BCUT2D eigenvalue weighted by Gasteiger charge is -2.26. The molecule has 0 bridgehead atoms. The average molecular weight is 317 g/mol. The molecular weight excluding hydrogens is 302 g/mol. The molecule has 7 heteroatoms. The van der Waals surface area contributed by atoms with Crippen LogP contribution in [0.25, 0.3) is 0 Å². The van der Waals surface area contributed by atoms with Crippen molar-refractivity contribution >= 4 is 28.6 Å². The third kappa shape index (κ3) is 3.32. The molecule has 3 rings (SSSR count). The summed E-state index contributed by atoms with van der Waals surface area (Å²) in [4.78, 5) is 25.8. The Morgan fingerprint density at radius 3 is 3.09 bits per heavy atom. The first-order valence-electron chi connectivity index (χ1n) is 6.94. The molecule has 0 radical (unpaired) electrons. The first-order valence-corrected chi connectivity index (χ1v) is 7.82. The molecule has 1 aliphatic heterocycles. The quantitative estimate of drug-likeness (QED) is 0.695. The van der Waals surface area contributed by atoms with E-state index in [2.05, 4.69) is 21.7 Å². The number of amides is 1. The summed E-state index contributed by atoms with van der Waals surface area (Å²) in [6, 6.07) is 8.08. The SMILES string of the molecule is O=C(CN1CCc2sccc2C1)Nc1cccc([N+](=O)[O-])c1. The average Bonchev–Trinajstić information content (AvgIpc) is 2.95. The van der Waals surface area contributed by atoms with Gasteiger partial charge in [0.05, 0.1) is 11.5 Å². The van der Waals surface area contributed by atoms with Gasteiger partial charge in [0.25, 0.3) is 5.69 Å². The zero-order valence-corrected chi connectivity index (χ0v) is 12.6. The third-order valence-electron chi connectivity index (χ3n) is 3.59. The molecular formula is C15H15N3O3S. The molecule has 1 amide bonds. The number of hydrogen-bond donors (Lipinski definition) is 1. The number of thiophene rings is 1. The van der Waals surface area contributed by atoms with Crippen LogP contribution in [0.5, 0.6) is 0 Å². The second-order valence-electron chi connectivity index (χ2n) is 5.19. The molecule has 114 valence electrons. The van der Waals surface area contributed by atoms with Crippen LogP contribution in [0.15, 0.2) is 35.7 Å². The van der Waals surface area contributed by atoms with Crippen molar-refractivity contribution in [2.75, 3.05) is 18.4 Å². The van der Waals surface area contributed by atoms with Gasteiger partial charge in [-0.1, -0.05) is 6.07 Å². The third-order valence-corrected chi connectivity index (χ3v) is 4.62. The molecule has 0 aliphatic carbocycles. The normalized spacial score (nSPS) is 14.4. The van der Waals surface area contributed by atoms with Crippen molar-refractivity contribution in [2.24, 2.45) is 0 Å². The summed E-state index contributed by atoms with van der Waals surface area (Å²) >= 11 is 1.76. The van der Waals surface area contributed by atoms with E-state index in [1.54, 1.807) is 23.5 Å². The fourth-order valence-corrected chi connectivity index (χ4v) is 3.43. The minimum atomic E-state index is -0.474. The number of carbonyl (C=O) groups is 1. The highest BCUT2D eigenvalue weighted by molar-refractivity contribution is 7.10. The van der Waals surface area contributed by atoms with Crippen molar-refractivity contribution in [3.63, 3.8) is 0 Å². The Bertz CT molecular complexity index is 714. The lowest BCUT2D eigenvalue weighted by Crippen LogP contribution is -2.36. The second kappa shape index (κ2) is 6.25. The lowest BCUT2D eigenvalue weighted by atomic mass is 10.1. The number of benzene rings is 1. The van der Waals surface area contributed by atoms with Gasteiger partial charge in [-0.05, 0) is 29.5 Å². The summed E-state index contributed by atoms with van der Waals surface area (Å²) in [5.41, 5.74) is 1.71. The van der Waals surface area contributed by atoms with E-state index in [-0.39, 0.29) is 18.1 Å². The van der Waals surface area contributed by atoms with Gasteiger partial charge in [-0.2, -0.15) is 0 Å². The molecule has 0 atom stereocenters. The largest absolute Gasteiger partial charge is 0.325 e. The van der Waals surface area contributed by atoms with Crippen molar-refractivity contribution in [3.05, 3.63) is 56.3 Å². The maximum Gasteiger partial charge on any atom is 0.271 e. The predicted molar refractivity (Wildman–Crippen MR) is 85.0 cm³/mol. The summed E-state index contributed by atoms with van der Waals surface area (Å²) < 4.78 is 0. The van der Waals surface area contributed by atoms with E-state index in [0.717, 1.165) is 19.5 Å². The molecule has 2 heterocycles. The van der Waals surface area contributed by atoms with Crippen molar-refractivity contribution in [2.45, 2.75) is 13.0 Å². The molecule has 0 saturated carbocycles. The summed E-state index contributed by atoms with van der Waals surface area (Å²) in [7, 11) is 0. The molecule has 0 saturated heterocycles. The highest BCUT2D eigenvalue weighted by Crippen LogP contribution is 2.24. The predicted octanol–water partition coefficient (Wildman–Crippen LogP) is 2.65. The molecule has 1 N–H and O–H groups in total. The summed E-state index contributed by atoms with van der Waals surface area (Å²) in [5, 5.41) is 15.5. The minimum Gasteiger partial charge on any atom is -0.325 e. The fourth-order valence-electron chi connectivity index (χ4n) is 2.54. The maximum absolute atomic E-state index is 12.1. The van der Waals surface area contributed by atoms with Crippen LogP contribution >= 0.6 is 11.3 Å². The number of rotatable bonds is 4. The Balaban J connectivity index is 1.59. The van der Waals surface area contributed by atoms with E-state index < -0.39 is 4.92 Å². The number of nitro groups is 1. The number of carbonyl (C=O) groups excluding carboxylic acids is 1. The van der Waals surface area contributed by atoms with E-state index in [1.165, 1.54) is 22.6 Å². The van der Waals surface area contributed by atoms with E-state index >= 15 is 0 Å². The molecule has 1 aromatic carbocycles. The zero-order chi connectivity index (χ0) is 15.5. The van der Waals surface area contributed by atoms with E-state index in [0.29, 0.717) is 5.69 Å². The Labute approximate surface area is 131 Å². The van der Waals surface area contributed by atoms with Gasteiger partial charge in [0.1, 0.15) is 0 Å². The molecule has 0 unspecified atom stereocenters. The highest BCUT2D eigenvalue weighted by atomic mass is 32.1. The number of nitro benzene ring substituents is 1. The van der Waals surface area contributed by atoms with Crippen LogP contribution in [-0.4, -0.2) is 28.8 Å². The number of anilines is 1. The Morgan fingerprint density at radius 2 is 2.27 bits per heavy atom. The van der Waals surface area contributed by atoms with Crippen molar-refractivity contribution in [1.82, 2.24) is 4.90 Å². The van der Waals surface area contributed by atoms with Gasteiger partial charge in [0, 0.05) is 35.8 Å². The molecule has 22 heavy (non-hydrogen) atoms. The van der Waals surface area contributed by atoms with Crippen molar-refractivity contribution in [3.8, 4) is 0 Å². The summed E-state index contributed by atoms with van der Waals surface area (Å²) in [6.45, 7) is 1.93. The van der Waals surface area contributed by atoms with Gasteiger partial charge in [-0.3, -0.25) is 19.8 Å². The van der Waals surface area contributed by atoms with Gasteiger partial charge >= 0.3 is 0 Å². The van der Waals surface area contributed by atoms with Gasteiger partial charge in [-0.15, -0.1) is 11.3 Å². The van der Waals surface area contributed by atoms with Gasteiger partial charge in [-0.25, -0.2) is 0 Å². The first-order chi connectivity index (χ1) is 10.6. The monoisotopic (exact) mass is 317 g/mol. The number of fused-ring (bicyclic) bond motifs is 1. The minimum absolute atomic E-state index is 0.0290. The molecule has 1 aliphatic rings. The standard InChI is InChI=1S/C15H15N3O3S/c19-15(16-12-2-1-3-13(8-12)18(20)21)10-17-6-4-14-11(9-17)5-7-22-14/h1-3,5,7-8H,4,6,9-10H2,(H,16,19).